The Hall–Kier alpha value is -6.88. The third-order valence-corrected chi connectivity index (χ3v) is 30.3. The first kappa shape index (κ1) is 82.6. The summed E-state index contributed by atoms with van der Waals surface area (Å²) in [4.78, 5) is 40.4. The molecule has 0 aliphatic rings. The first-order valence-corrected chi connectivity index (χ1v) is 47.8. The van der Waals surface area contributed by atoms with Gasteiger partial charge in [-0.1, -0.05) is 185 Å². The average Bonchev–Trinajstić information content (AvgIpc) is 1.66. The van der Waals surface area contributed by atoms with Gasteiger partial charge in [-0.05, 0) is 274 Å². The van der Waals surface area contributed by atoms with Crippen molar-refractivity contribution in [3.63, 3.8) is 0 Å². The van der Waals surface area contributed by atoms with Gasteiger partial charge >= 0.3 is 0 Å². The second-order valence-electron chi connectivity index (χ2n) is 29.2. The maximum atomic E-state index is 5.44. The van der Waals surface area contributed by atoms with E-state index in [1.54, 1.807) is 0 Å². The van der Waals surface area contributed by atoms with Gasteiger partial charge in [0.1, 0.15) is 0 Å². The fraction of sp³-hybridized carbons (Fsp3) is 0.340. The first-order valence-electron chi connectivity index (χ1n) is 40.4. The number of pyridine rings is 4. The van der Waals surface area contributed by atoms with Crippen LogP contribution in [0.2, 0.25) is 0 Å². The standard InChI is InChI=1S/C64H72N2S6.C19H18N2.C14H17BrS2/c1-4-7-10-13-16-19-25-50-28-31-59(67-50)62-37-34-56(70-62)47-24-22-23-46(42-47)53-44-49(58-36-39-64(72-58)61-33-30-52(69-61)27-21-18-15-12-9-6-3)45-55(66-53)54-43-48(40-41-65-54)57-35-38-63(71-57)60-32-29-51(68-60)26-20-17-14-11-8-5-2;1-13-5-4-6-16(9-13)17-11-15(3)12-19(21-17)18-10-14(2)7-8-20-18;1-2-3-4-5-6-11-7-8-12(16-11)13-9-10-14(15)17-13/h22-24,28-45H,4-21,25-27H2,1-3H3;4-12H,1-3H3;7-10H,2-6H2,1H3. The van der Waals surface area contributed by atoms with Gasteiger partial charge in [0.2, 0.25) is 0 Å². The van der Waals surface area contributed by atoms with Crippen LogP contribution in [0.1, 0.15) is 205 Å². The SMILES string of the molecule is CCCCCCCCc1ccc(-c2ccc(-c3cccc(-c4cc(-c5ccc(-c6ccc(CCCCCCCC)s6)s5)cc(-c5cc(-c6ccc(-c7ccc(CCCCCCCC)s7)s6)ccn5)n4)c3)s2)s1.CCCCCCc1ccc(-c2ccc(Br)s2)s1.Cc1cccc(-c2cc(C)cc(-c3cc(C)ccn3)n2)c1. The van der Waals surface area contributed by atoms with Crippen LogP contribution in [0.15, 0.2) is 210 Å². The zero-order valence-corrected chi connectivity index (χ0v) is 73.6. The Balaban J connectivity index is 0.000000238. The second kappa shape index (κ2) is 43.4. The minimum absolute atomic E-state index is 0.892. The molecule has 4 nitrogen and oxygen atoms in total. The van der Waals surface area contributed by atoms with Crippen LogP contribution in [0, 0.1) is 20.8 Å². The quantitative estimate of drug-likeness (QED) is 0.0364. The molecule has 570 valence electrons. The molecule has 0 aliphatic heterocycles. The van der Waals surface area contributed by atoms with E-state index in [0.29, 0.717) is 0 Å². The van der Waals surface area contributed by atoms with Crippen molar-refractivity contribution in [3.8, 4) is 116 Å². The zero-order valence-electron chi connectivity index (χ0n) is 65.4. The van der Waals surface area contributed by atoms with Crippen LogP contribution in [0.3, 0.4) is 0 Å². The summed E-state index contributed by atoms with van der Waals surface area (Å²) in [5.74, 6) is 0. The summed E-state index contributed by atoms with van der Waals surface area (Å²) < 4.78 is 1.21. The number of aryl methyl sites for hydroxylation is 7. The molecule has 0 amide bonds. The first-order chi connectivity index (χ1) is 53.9. The lowest BCUT2D eigenvalue weighted by Crippen LogP contribution is -1.93. The number of benzene rings is 2. The van der Waals surface area contributed by atoms with E-state index in [1.807, 2.05) is 109 Å². The van der Waals surface area contributed by atoms with Crippen molar-refractivity contribution >= 4 is 107 Å². The van der Waals surface area contributed by atoms with Gasteiger partial charge in [-0.25, -0.2) is 9.97 Å². The van der Waals surface area contributed by atoms with Gasteiger partial charge in [-0.15, -0.1) is 90.7 Å². The number of rotatable bonds is 37. The number of hydrogen-bond acceptors (Lipinski definition) is 12. The molecule has 12 heterocycles. The Morgan fingerprint density at radius 3 is 1.03 bits per heavy atom. The lowest BCUT2D eigenvalue weighted by molar-refractivity contribution is 0.609. The summed E-state index contributed by atoms with van der Waals surface area (Å²) in [6.45, 7) is 15.4. The number of aromatic nitrogens is 4. The van der Waals surface area contributed by atoms with Gasteiger partial charge in [0.25, 0.3) is 0 Å². The zero-order chi connectivity index (χ0) is 76.2. The highest BCUT2D eigenvalue weighted by Gasteiger charge is 2.18. The Morgan fingerprint density at radius 2 is 0.555 bits per heavy atom. The number of halogens is 1. The highest BCUT2D eigenvalue weighted by atomic mass is 79.9. The van der Waals surface area contributed by atoms with Crippen molar-refractivity contribution in [2.75, 3.05) is 0 Å². The van der Waals surface area contributed by atoms with Gasteiger partial charge in [0, 0.05) is 96.7 Å². The van der Waals surface area contributed by atoms with Crippen LogP contribution < -0.4 is 0 Å². The normalized spacial score (nSPS) is 11.3. The summed E-state index contributed by atoms with van der Waals surface area (Å²) >= 11 is 18.8. The van der Waals surface area contributed by atoms with Gasteiger partial charge in [-0.2, -0.15) is 0 Å². The van der Waals surface area contributed by atoms with E-state index in [2.05, 4.69) is 257 Å². The van der Waals surface area contributed by atoms with Gasteiger partial charge in [0.05, 0.1) is 37.9 Å². The largest absolute Gasteiger partial charge is 0.255 e. The van der Waals surface area contributed by atoms with Crippen LogP contribution in [-0.4, -0.2) is 19.9 Å². The molecule has 0 spiro atoms. The smallest absolute Gasteiger partial charge is 0.0900 e. The number of thiophene rings is 8. The Bertz CT molecular complexity index is 4880. The predicted octanol–water partition coefficient (Wildman–Crippen LogP) is 34.0. The molecule has 0 fully saturated rings. The monoisotopic (exact) mass is 1660 g/mol. The summed E-state index contributed by atoms with van der Waals surface area (Å²) in [6.07, 6.45) is 38.1. The summed E-state index contributed by atoms with van der Waals surface area (Å²) in [5.41, 5.74) is 15.1. The van der Waals surface area contributed by atoms with Crippen molar-refractivity contribution in [1.82, 2.24) is 19.9 Å². The fourth-order valence-corrected chi connectivity index (χ4v) is 22.7. The van der Waals surface area contributed by atoms with Crippen molar-refractivity contribution < 1.29 is 0 Å². The topological polar surface area (TPSA) is 51.6 Å². The highest BCUT2D eigenvalue weighted by Crippen LogP contribution is 2.45. The van der Waals surface area contributed by atoms with E-state index in [1.165, 1.54) is 277 Å². The lowest BCUT2D eigenvalue weighted by Gasteiger charge is -2.10. The number of nitrogens with zero attached hydrogens (tertiary/aromatic N) is 4. The summed E-state index contributed by atoms with van der Waals surface area (Å²) in [5, 5.41) is 0. The van der Waals surface area contributed by atoms with Gasteiger partial charge in [0.15, 0.2) is 0 Å². The molecule has 0 N–H and O–H groups in total. The molecule has 0 aliphatic carbocycles. The van der Waals surface area contributed by atoms with Gasteiger partial charge < -0.3 is 0 Å². The maximum Gasteiger partial charge on any atom is 0.0900 e. The molecule has 0 saturated carbocycles. The van der Waals surface area contributed by atoms with Crippen molar-refractivity contribution in [2.45, 2.75) is 215 Å². The van der Waals surface area contributed by atoms with E-state index in [4.69, 9.17) is 15.0 Å². The van der Waals surface area contributed by atoms with Crippen molar-refractivity contribution in [3.05, 3.63) is 247 Å². The molecule has 0 radical (unpaired) electrons. The minimum Gasteiger partial charge on any atom is -0.255 e. The minimum atomic E-state index is 0.892. The Kier molecular flexibility index (Phi) is 32.6. The molecule has 13 heteroatoms. The maximum absolute atomic E-state index is 5.44. The average molecular weight is 1670 g/mol. The number of hydrogen-bond donors (Lipinski definition) is 0. The van der Waals surface area contributed by atoms with Crippen LogP contribution in [0.25, 0.3) is 116 Å². The molecule has 14 aromatic rings. The van der Waals surface area contributed by atoms with Crippen LogP contribution in [-0.2, 0) is 25.7 Å². The third kappa shape index (κ3) is 24.6. The van der Waals surface area contributed by atoms with E-state index in [9.17, 15) is 0 Å². The molecule has 0 unspecified atom stereocenters. The molecule has 0 bridgehead atoms. The van der Waals surface area contributed by atoms with E-state index in [-0.39, 0.29) is 0 Å². The van der Waals surface area contributed by atoms with Crippen molar-refractivity contribution in [1.29, 1.82) is 0 Å². The van der Waals surface area contributed by atoms with Gasteiger partial charge in [-0.3, -0.25) is 9.97 Å². The van der Waals surface area contributed by atoms with E-state index in [0.717, 1.165) is 45.3 Å². The fourth-order valence-electron chi connectivity index (χ4n) is 13.8. The number of unbranched alkanes of at least 4 members (excludes halogenated alkanes) is 18. The summed E-state index contributed by atoms with van der Waals surface area (Å²) in [7, 11) is 0. The molecule has 110 heavy (non-hydrogen) atoms. The van der Waals surface area contributed by atoms with Crippen molar-refractivity contribution in [2.24, 2.45) is 0 Å². The molecular weight excluding hydrogens is 1560 g/mol. The third-order valence-electron chi connectivity index (χ3n) is 19.9. The molecule has 14 rings (SSSR count). The second-order valence-corrected chi connectivity index (χ2v) is 39.6. The molecule has 12 aromatic heterocycles. The van der Waals surface area contributed by atoms with Crippen LogP contribution in [0.4, 0.5) is 0 Å². The lowest BCUT2D eigenvalue weighted by atomic mass is 10.0. The molecule has 0 atom stereocenters. The highest BCUT2D eigenvalue weighted by molar-refractivity contribution is 9.11. The Morgan fingerprint density at radius 1 is 0.236 bits per heavy atom. The van der Waals surface area contributed by atoms with E-state index >= 15 is 0 Å². The molecular formula is C97H107BrN4S8. The Labute approximate surface area is 697 Å². The summed E-state index contributed by atoms with van der Waals surface area (Å²) in [6, 6.07) is 71.4. The molecule has 0 saturated heterocycles. The predicted molar refractivity (Wildman–Crippen MR) is 494 cm³/mol. The van der Waals surface area contributed by atoms with Crippen LogP contribution in [0.5, 0.6) is 0 Å². The van der Waals surface area contributed by atoms with Crippen LogP contribution >= 0.6 is 107 Å². The molecule has 2 aromatic carbocycles. The van der Waals surface area contributed by atoms with E-state index < -0.39 is 0 Å².